The van der Waals surface area contributed by atoms with E-state index in [-0.39, 0.29) is 60.8 Å². The van der Waals surface area contributed by atoms with Crippen LogP contribution in [-0.4, -0.2) is 141 Å². The van der Waals surface area contributed by atoms with E-state index in [4.69, 9.17) is 19.9 Å². The van der Waals surface area contributed by atoms with E-state index in [0.717, 1.165) is 5.56 Å². The van der Waals surface area contributed by atoms with Crippen molar-refractivity contribution < 1.29 is 38.5 Å². The van der Waals surface area contributed by atoms with Crippen molar-refractivity contribution in [1.82, 2.24) is 25.3 Å². The number of aliphatic hydroxyl groups is 1. The van der Waals surface area contributed by atoms with Crippen LogP contribution in [0.1, 0.15) is 86.3 Å². The highest BCUT2D eigenvalue weighted by atomic mass is 16.5. The van der Waals surface area contributed by atoms with E-state index < -0.39 is 60.5 Å². The second-order valence-corrected chi connectivity index (χ2v) is 16.3. The number of ether oxygens (including phenoxy) is 3. The summed E-state index contributed by atoms with van der Waals surface area (Å²) < 4.78 is 17.1. The number of methoxy groups -OCH3 is 3. The molecule has 5 N–H and O–H groups in total. The molecule has 11 atom stereocenters. The Kier molecular flexibility index (Phi) is 19.0. The second-order valence-electron chi connectivity index (χ2n) is 16.3. The predicted molar refractivity (Wildman–Crippen MR) is 214 cm³/mol. The standard InChI is InChI=1S/C41H72N6O8/c1-15-25(6)37(46(11)41(52)35(23(2)3)44-40(51)36(24(4)5)45(9)10)32(54-13)21-33(49)47-22-29(48)20-31(47)38(55-14)26(7)39(50)43-27(8)34(42)28-16-18-30(53-12)19-17-28/h16-19,23-27,29,31-32,34-38,48H,15,20-22,42H2,1-14H3,(H,43,50)(H,44,51)/t25?,26-,27-,29+,31+,32-,34?,35+,36+,37+,38-/m1/s1. The Balaban J connectivity index is 2.29. The van der Waals surface area contributed by atoms with Gasteiger partial charge in [-0.3, -0.25) is 24.1 Å². The smallest absolute Gasteiger partial charge is 0.245 e. The molecule has 2 rings (SSSR count). The minimum Gasteiger partial charge on any atom is -0.497 e. The maximum atomic E-state index is 14.2. The quantitative estimate of drug-likeness (QED) is 0.145. The lowest BCUT2D eigenvalue weighted by atomic mass is 9.89. The molecule has 55 heavy (non-hydrogen) atoms. The van der Waals surface area contributed by atoms with Crippen molar-refractivity contribution in [2.75, 3.05) is 49.0 Å². The lowest BCUT2D eigenvalue weighted by Crippen LogP contribution is -2.59. The van der Waals surface area contributed by atoms with Crippen LogP contribution in [0.5, 0.6) is 5.75 Å². The molecule has 0 spiro atoms. The van der Waals surface area contributed by atoms with Gasteiger partial charge in [-0.05, 0) is 62.9 Å². The fourth-order valence-electron chi connectivity index (χ4n) is 7.97. The number of aliphatic hydroxyl groups excluding tert-OH is 1. The van der Waals surface area contributed by atoms with Crippen LogP contribution in [0.2, 0.25) is 0 Å². The summed E-state index contributed by atoms with van der Waals surface area (Å²) >= 11 is 0. The summed E-state index contributed by atoms with van der Waals surface area (Å²) in [6.07, 6.45) is -1.39. The lowest BCUT2D eigenvalue weighted by molar-refractivity contribution is -0.148. The molecule has 1 aliphatic rings. The largest absolute Gasteiger partial charge is 0.497 e. The summed E-state index contributed by atoms with van der Waals surface area (Å²) in [6.45, 7) is 15.4. The molecule has 0 aromatic heterocycles. The Labute approximate surface area is 330 Å². The molecule has 1 heterocycles. The highest BCUT2D eigenvalue weighted by Gasteiger charge is 2.45. The monoisotopic (exact) mass is 777 g/mol. The molecule has 1 aromatic rings. The Bertz CT molecular complexity index is 1370. The maximum Gasteiger partial charge on any atom is 0.245 e. The maximum absolute atomic E-state index is 14.2. The van der Waals surface area contributed by atoms with Gasteiger partial charge in [-0.25, -0.2) is 0 Å². The molecule has 4 amide bonds. The van der Waals surface area contributed by atoms with Crippen molar-refractivity contribution in [1.29, 1.82) is 0 Å². The molecule has 0 saturated carbocycles. The van der Waals surface area contributed by atoms with Crippen LogP contribution >= 0.6 is 0 Å². The van der Waals surface area contributed by atoms with Crippen molar-refractivity contribution in [3.05, 3.63) is 29.8 Å². The summed E-state index contributed by atoms with van der Waals surface area (Å²) in [7, 11) is 10.0. The predicted octanol–water partition coefficient (Wildman–Crippen LogP) is 2.82. The van der Waals surface area contributed by atoms with Gasteiger partial charge in [-0.1, -0.05) is 67.0 Å². The van der Waals surface area contributed by atoms with Crippen LogP contribution in [0, 0.1) is 23.7 Å². The van der Waals surface area contributed by atoms with Gasteiger partial charge in [0, 0.05) is 39.9 Å². The summed E-state index contributed by atoms with van der Waals surface area (Å²) in [5.41, 5.74) is 7.34. The minimum atomic E-state index is -0.813. The first kappa shape index (κ1) is 47.9. The van der Waals surface area contributed by atoms with Crippen molar-refractivity contribution in [2.24, 2.45) is 29.4 Å². The third-order valence-electron chi connectivity index (χ3n) is 11.4. The number of likely N-dealkylation sites (N-methyl/N-ethyl adjacent to an activating group) is 2. The number of β-amino-alcohol motifs (C(OH)–C–C–N with tert-alkyl or cyclic N) is 1. The first-order valence-corrected chi connectivity index (χ1v) is 19.7. The van der Waals surface area contributed by atoms with Crippen LogP contribution in [0.4, 0.5) is 0 Å². The van der Waals surface area contributed by atoms with Crippen LogP contribution in [0.3, 0.4) is 0 Å². The third-order valence-corrected chi connectivity index (χ3v) is 11.4. The van der Waals surface area contributed by atoms with Crippen LogP contribution in [-0.2, 0) is 28.7 Å². The zero-order valence-corrected chi connectivity index (χ0v) is 35.9. The fourth-order valence-corrected chi connectivity index (χ4v) is 7.97. The molecule has 1 saturated heterocycles. The Morgan fingerprint density at radius 2 is 1.51 bits per heavy atom. The molecule has 0 radical (unpaired) electrons. The average molecular weight is 777 g/mol. The topological polar surface area (TPSA) is 176 Å². The SMILES string of the molecule is CCC(C)[C@@H]([C@@H](CC(=O)N1C[C@@H](O)C[C@H]1[C@H](OC)[C@@H](C)C(=O)N[C@H](C)C(N)c1ccc(OC)cc1)OC)N(C)C(=O)[C@@H](NC(=O)[C@H](C(C)C)N(C)C)C(C)C. The van der Waals surface area contributed by atoms with Gasteiger partial charge in [0.25, 0.3) is 0 Å². The van der Waals surface area contributed by atoms with Gasteiger partial charge in [0.05, 0.1) is 55.9 Å². The third kappa shape index (κ3) is 12.3. The Morgan fingerprint density at radius 3 is 1.98 bits per heavy atom. The number of likely N-dealkylation sites (tertiary alicyclic amines) is 1. The second kappa shape index (κ2) is 21.9. The Morgan fingerprint density at radius 1 is 0.909 bits per heavy atom. The summed E-state index contributed by atoms with van der Waals surface area (Å²) in [4.78, 5) is 60.6. The van der Waals surface area contributed by atoms with Gasteiger partial charge >= 0.3 is 0 Å². The number of nitrogens with one attached hydrogen (secondary N) is 2. The van der Waals surface area contributed by atoms with Gasteiger partial charge in [0.15, 0.2) is 0 Å². The number of carbonyl (C=O) groups excluding carboxylic acids is 4. The van der Waals surface area contributed by atoms with E-state index in [1.54, 1.807) is 30.9 Å². The molecule has 314 valence electrons. The summed E-state index contributed by atoms with van der Waals surface area (Å²) in [6, 6.07) is 4.15. The zero-order valence-electron chi connectivity index (χ0n) is 35.9. The number of nitrogens with zero attached hydrogens (tertiary/aromatic N) is 3. The molecular formula is C41H72N6O8. The van der Waals surface area contributed by atoms with E-state index in [0.29, 0.717) is 12.2 Å². The van der Waals surface area contributed by atoms with Gasteiger partial charge < -0.3 is 45.5 Å². The Hall–Kier alpha value is -3.30. The molecule has 0 aliphatic carbocycles. The summed E-state index contributed by atoms with van der Waals surface area (Å²) in [5.74, 6) is -1.29. The molecule has 1 aromatic carbocycles. The highest BCUT2D eigenvalue weighted by molar-refractivity contribution is 5.90. The minimum absolute atomic E-state index is 0.0300. The van der Waals surface area contributed by atoms with E-state index in [2.05, 4.69) is 10.6 Å². The summed E-state index contributed by atoms with van der Waals surface area (Å²) in [5, 5.41) is 16.9. The fraction of sp³-hybridized carbons (Fsp3) is 0.756. The van der Waals surface area contributed by atoms with Crippen molar-refractivity contribution in [3.8, 4) is 5.75 Å². The van der Waals surface area contributed by atoms with Crippen LogP contribution in [0.25, 0.3) is 0 Å². The number of carbonyl (C=O) groups is 4. The van der Waals surface area contributed by atoms with Gasteiger partial charge in [-0.15, -0.1) is 0 Å². The number of rotatable bonds is 21. The number of benzene rings is 1. The first-order chi connectivity index (χ1) is 25.7. The molecule has 0 bridgehead atoms. The van der Waals surface area contributed by atoms with E-state index in [1.165, 1.54) is 14.2 Å². The molecule has 2 unspecified atom stereocenters. The van der Waals surface area contributed by atoms with Crippen molar-refractivity contribution in [3.63, 3.8) is 0 Å². The molecule has 14 nitrogen and oxygen atoms in total. The number of hydrogen-bond acceptors (Lipinski definition) is 10. The van der Waals surface area contributed by atoms with Crippen molar-refractivity contribution >= 4 is 23.6 Å². The number of nitrogens with two attached hydrogens (primary N) is 1. The molecule has 1 fully saturated rings. The van der Waals surface area contributed by atoms with Gasteiger partial charge in [0.2, 0.25) is 23.6 Å². The van der Waals surface area contributed by atoms with E-state index in [9.17, 15) is 24.3 Å². The van der Waals surface area contributed by atoms with Crippen molar-refractivity contribution in [2.45, 2.75) is 129 Å². The molecular weight excluding hydrogens is 704 g/mol. The van der Waals surface area contributed by atoms with Crippen LogP contribution < -0.4 is 21.1 Å². The van der Waals surface area contributed by atoms with Gasteiger partial charge in [0.1, 0.15) is 11.8 Å². The van der Waals surface area contributed by atoms with E-state index >= 15 is 0 Å². The molecule has 14 heteroatoms. The first-order valence-electron chi connectivity index (χ1n) is 19.7. The average Bonchev–Trinajstić information content (AvgIpc) is 3.53. The van der Waals surface area contributed by atoms with Gasteiger partial charge in [-0.2, -0.15) is 0 Å². The van der Waals surface area contributed by atoms with E-state index in [1.807, 2.05) is 91.7 Å². The number of amides is 4. The number of hydrogen-bond donors (Lipinski definition) is 4. The van der Waals surface area contributed by atoms with Crippen LogP contribution in [0.15, 0.2) is 24.3 Å². The zero-order chi connectivity index (χ0) is 41.9. The molecule has 1 aliphatic heterocycles. The highest BCUT2D eigenvalue weighted by Crippen LogP contribution is 2.30. The normalized spacial score (nSPS) is 21.0. The lowest BCUT2D eigenvalue weighted by Gasteiger charge is -2.41.